The van der Waals surface area contributed by atoms with Crippen molar-refractivity contribution in [2.24, 2.45) is 0 Å². The van der Waals surface area contributed by atoms with Gasteiger partial charge in [0.15, 0.2) is 46.4 Å². The average molecular weight is 1500 g/mol. The zero-order valence-corrected chi connectivity index (χ0v) is 59.6. The van der Waals surface area contributed by atoms with Gasteiger partial charge in [0.1, 0.15) is 36.1 Å². The summed E-state index contributed by atoms with van der Waals surface area (Å²) < 4.78 is 112. The first-order chi connectivity index (χ1) is 53.3. The number of aromatic nitrogens is 8. The zero-order chi connectivity index (χ0) is 79.0. The van der Waals surface area contributed by atoms with Crippen LogP contribution in [0.2, 0.25) is 0 Å². The van der Waals surface area contributed by atoms with Crippen molar-refractivity contribution in [1.29, 1.82) is 10.5 Å². The minimum Gasteiger partial charge on any atom is -0.495 e. The molecule has 0 aliphatic carbocycles. The van der Waals surface area contributed by atoms with Gasteiger partial charge in [0.25, 0.3) is 23.6 Å². The van der Waals surface area contributed by atoms with Gasteiger partial charge in [-0.3, -0.25) is 39.6 Å². The molecule has 8 aromatic carbocycles. The van der Waals surface area contributed by atoms with Gasteiger partial charge in [0.05, 0.1) is 143 Å². The molecule has 560 valence electrons. The van der Waals surface area contributed by atoms with Crippen LogP contribution in [0.3, 0.4) is 0 Å². The number of nitrogens with one attached hydrogen (secondary N) is 8. The predicted molar refractivity (Wildman–Crippen MR) is 406 cm³/mol. The summed E-state index contributed by atoms with van der Waals surface area (Å²) in [4.78, 5) is 49.3. The van der Waals surface area contributed by atoms with Crippen molar-refractivity contribution < 1.29 is 73.9 Å². The van der Waals surface area contributed by atoms with Crippen LogP contribution < -0.4 is 49.7 Å². The van der Waals surface area contributed by atoms with Gasteiger partial charge in [-0.25, -0.2) is 26.3 Å². The van der Waals surface area contributed by atoms with Gasteiger partial charge >= 0.3 is 0 Å². The van der Waals surface area contributed by atoms with Crippen LogP contribution in [-0.4, -0.2) is 133 Å². The number of carbonyl (C=O) groups excluding carboxylic acids is 4. The van der Waals surface area contributed by atoms with Crippen molar-refractivity contribution in [3.63, 3.8) is 0 Å². The Morgan fingerprint density at radius 1 is 0.364 bits per heavy atom. The van der Waals surface area contributed by atoms with Gasteiger partial charge in [-0.15, -0.1) is 13.2 Å². The molecule has 0 atom stereocenters. The molecule has 30 heteroatoms. The Morgan fingerprint density at radius 3 is 0.864 bits per heavy atom. The molecule has 0 bridgehead atoms. The molecule has 4 aromatic heterocycles. The van der Waals surface area contributed by atoms with Gasteiger partial charge < -0.3 is 49.7 Å². The predicted octanol–water partition coefficient (Wildman–Crippen LogP) is 14.2. The van der Waals surface area contributed by atoms with Crippen LogP contribution in [0.15, 0.2) is 147 Å². The normalized spacial score (nSPS) is 10.9. The maximum Gasteiger partial charge on any atom is 0.255 e. The Balaban J connectivity index is 0.000000169. The lowest BCUT2D eigenvalue weighted by Crippen LogP contribution is -2.24. The summed E-state index contributed by atoms with van der Waals surface area (Å²) >= 11 is 0. The van der Waals surface area contributed by atoms with Crippen LogP contribution in [-0.2, 0) is 0 Å². The lowest BCUT2D eigenvalue weighted by Gasteiger charge is -2.10. The molecule has 12 rings (SSSR count). The zero-order valence-electron chi connectivity index (χ0n) is 59.6. The number of carbonyl (C=O) groups is 4. The van der Waals surface area contributed by atoms with Crippen molar-refractivity contribution in [2.75, 3.05) is 68.8 Å². The summed E-state index contributed by atoms with van der Waals surface area (Å²) in [5.41, 5.74) is 8.28. The van der Waals surface area contributed by atoms with E-state index < -0.39 is 46.7 Å². The fourth-order valence-corrected chi connectivity index (χ4v) is 10.9. The summed E-state index contributed by atoms with van der Waals surface area (Å²) in [7, 11) is 8.66. The molecule has 4 amide bonds. The fourth-order valence-electron chi connectivity index (χ4n) is 10.9. The van der Waals surface area contributed by atoms with E-state index in [4.69, 9.17) is 38.9 Å². The molecule has 8 N–H and O–H groups in total. The van der Waals surface area contributed by atoms with Crippen molar-refractivity contribution in [3.05, 3.63) is 249 Å². The molecule has 0 saturated carbocycles. The number of methoxy groups -OCH3 is 6. The molecule has 0 radical (unpaired) electrons. The summed E-state index contributed by atoms with van der Waals surface area (Å²) in [5, 5.41) is 58.4. The molecule has 12 aromatic rings. The summed E-state index contributed by atoms with van der Waals surface area (Å²) in [6, 6.07) is 33.3. The number of amides is 4. The molecule has 4 heterocycles. The van der Waals surface area contributed by atoms with E-state index in [2.05, 4.69) is 75.2 Å². The van der Waals surface area contributed by atoms with E-state index in [1.54, 1.807) is 127 Å². The maximum atomic E-state index is 13.9. The first-order valence-electron chi connectivity index (χ1n) is 32.9. The number of fused-ring (bicyclic) bond motifs is 4. The molecule has 24 nitrogen and oxygen atoms in total. The van der Waals surface area contributed by atoms with E-state index in [0.29, 0.717) is 136 Å². The lowest BCUT2D eigenvalue weighted by atomic mass is 10.1. The smallest absolute Gasteiger partial charge is 0.255 e. The van der Waals surface area contributed by atoms with Crippen LogP contribution in [0.4, 0.5) is 26.3 Å². The largest absolute Gasteiger partial charge is 0.495 e. The van der Waals surface area contributed by atoms with E-state index in [0.717, 1.165) is 24.3 Å². The van der Waals surface area contributed by atoms with E-state index in [1.807, 2.05) is 12.1 Å². The van der Waals surface area contributed by atoms with Crippen LogP contribution in [0.1, 0.15) is 86.5 Å². The number of benzene rings is 8. The number of nitriles is 2. The van der Waals surface area contributed by atoms with Crippen molar-refractivity contribution in [3.8, 4) is 46.6 Å². The molecule has 0 saturated heterocycles. The number of hydrogen-bond donors (Lipinski definition) is 8. The van der Waals surface area contributed by atoms with Crippen LogP contribution in [0.25, 0.3) is 92.2 Å². The van der Waals surface area contributed by atoms with Crippen LogP contribution in [0.5, 0.6) is 34.5 Å². The van der Waals surface area contributed by atoms with Crippen molar-refractivity contribution >= 4 is 116 Å². The average Bonchev–Trinajstić information content (AvgIpc) is 1.61. The fraction of sp³-hybridized carbons (Fsp3) is 0.125. The number of rotatable bonds is 24. The highest BCUT2D eigenvalue weighted by atomic mass is 19.2. The van der Waals surface area contributed by atoms with Gasteiger partial charge in [0.2, 0.25) is 0 Å². The Hall–Kier alpha value is -14.7. The Labute approximate surface area is 624 Å². The Kier molecular flexibility index (Phi) is 27.3. The Morgan fingerprint density at radius 2 is 0.627 bits per heavy atom. The third-order valence-corrected chi connectivity index (χ3v) is 16.1. The number of ether oxygens (including phenoxy) is 6. The molecular formula is C80H68F6N14O10. The minimum absolute atomic E-state index is 0.110. The first kappa shape index (κ1) is 79.4. The molecule has 0 aliphatic rings. The summed E-state index contributed by atoms with van der Waals surface area (Å²) in [6.07, 6.45) is 16.6. The van der Waals surface area contributed by atoms with E-state index in [1.165, 1.54) is 73.0 Å². The number of nitrogens with zero attached hydrogens (tertiary/aromatic N) is 6. The van der Waals surface area contributed by atoms with Crippen molar-refractivity contribution in [2.45, 2.75) is 0 Å². The summed E-state index contributed by atoms with van der Waals surface area (Å²) in [6.45, 7) is 7.59. The highest BCUT2D eigenvalue weighted by Crippen LogP contribution is 2.37. The third kappa shape index (κ3) is 18.9. The summed E-state index contributed by atoms with van der Waals surface area (Å²) in [5.74, 6) is -4.30. The van der Waals surface area contributed by atoms with Gasteiger partial charge in [-0.05, 0) is 144 Å². The molecule has 0 fully saturated rings. The van der Waals surface area contributed by atoms with E-state index in [-0.39, 0.29) is 47.5 Å². The minimum atomic E-state index is -0.944. The van der Waals surface area contributed by atoms with Crippen molar-refractivity contribution in [1.82, 2.24) is 62.1 Å². The molecule has 0 aliphatic heterocycles. The molecule has 110 heavy (non-hydrogen) atoms. The maximum absolute atomic E-state index is 13.9. The van der Waals surface area contributed by atoms with Crippen LogP contribution in [0, 0.1) is 57.6 Å². The highest BCUT2D eigenvalue weighted by molar-refractivity contribution is 6.09. The van der Waals surface area contributed by atoms with E-state index >= 15 is 0 Å². The van der Waals surface area contributed by atoms with Crippen LogP contribution >= 0.6 is 0 Å². The van der Waals surface area contributed by atoms with Gasteiger partial charge in [-0.2, -0.15) is 30.9 Å². The molecule has 0 spiro atoms. The topological polar surface area (TPSA) is 334 Å². The highest BCUT2D eigenvalue weighted by Gasteiger charge is 2.24. The first-order valence-corrected chi connectivity index (χ1v) is 32.9. The third-order valence-electron chi connectivity index (χ3n) is 16.1. The standard InChI is InChI=1S/C21H20FN3O3.C20H17F2N3O2.C20H17FN4O3.C19H14F2N4O2/c1-4-11-23-21(26)14-7-9-17-19(20(14)28-3)16(24-25-17)8-5-13-6-10-18(27-2)15(22)12-13;1-3-10-23-20(26)13-6-9-17-18(19(13)27-2)16(24-25-17)8-5-12-4-7-14(21)15(22)11-12;1-27-17-8-4-12(11-14(17)21)3-6-15-18-16(25-24-15)7-5-13(19(18)28-2)20(26)23-10-9-22;1-27-18-12(19(26)23-9-8-22)4-7-16-17(18)15(24-25-16)6-3-11-2-5-13(20)14(21)10-11/h4-10,12H,1,11H2,2-3H3,(H,23,26)(H,24,25);3-9,11H,1,10H2,2H3,(H,23,26)(H,24,25);3-8,11H,10H2,1-2H3,(H,23,26)(H,24,25);2-7,10H,9H2,1H3,(H,23,26)(H,24,25)/b2*8-5+;2*6-3+. The number of H-pyrrole nitrogens is 4. The van der Waals surface area contributed by atoms with Gasteiger partial charge in [-0.1, -0.05) is 60.7 Å². The SMILES string of the molecule is C=CCNC(=O)c1ccc2n[nH]c(/C=C/c3ccc(F)c(F)c3)c2c1OC.C=CCNC(=O)c1ccc2n[nH]c(/C=C/c3ccc(OC)c(F)c3)c2c1OC.COc1c(C(=O)NCC#N)ccc2n[nH]c(/C=C/c3ccc(F)c(F)c3)c12.COc1ccc(/C=C/c2[nH]nc3ccc(C(=O)NCC#N)c(OC)c23)cc1F. The lowest BCUT2D eigenvalue weighted by molar-refractivity contribution is 0.0947. The van der Waals surface area contributed by atoms with E-state index in [9.17, 15) is 45.5 Å². The molecule has 0 unspecified atom stereocenters. The number of aromatic amines is 4. The second-order valence-corrected chi connectivity index (χ2v) is 22.9. The second-order valence-electron chi connectivity index (χ2n) is 22.9. The number of halogens is 6. The number of hydrogen-bond acceptors (Lipinski definition) is 16. The quantitative estimate of drug-likeness (QED) is 0.0158. The monoisotopic (exact) mass is 1500 g/mol. The van der Waals surface area contributed by atoms with Gasteiger partial charge in [0, 0.05) is 13.1 Å². The Bertz CT molecular complexity index is 5650. The molecular weight excluding hydrogens is 1430 g/mol. The second kappa shape index (κ2) is 37.8.